The van der Waals surface area contributed by atoms with Gasteiger partial charge < -0.3 is 20.3 Å². The number of hydrogen-bond acceptors (Lipinski definition) is 8. The molecule has 8 heteroatoms. The van der Waals surface area contributed by atoms with Crippen molar-refractivity contribution in [2.75, 3.05) is 55.4 Å². The van der Waals surface area contributed by atoms with Crippen LogP contribution in [-0.4, -0.2) is 72.0 Å². The SMILES string of the molecule is COc1ccccc1-c1cc(N2CC3CCC(C2)N3c2ccnc(C#CCN3CC[C@H](C)C3)c2)c(N)nn1. The molecule has 3 atom stereocenters. The Labute approximate surface area is 224 Å². The van der Waals surface area contributed by atoms with Crippen molar-refractivity contribution < 1.29 is 4.74 Å². The predicted octanol–water partition coefficient (Wildman–Crippen LogP) is 3.68. The molecule has 3 aromatic rings. The molecule has 0 radical (unpaired) electrons. The third-order valence-electron chi connectivity index (χ3n) is 8.08. The standard InChI is InChI=1S/C30H35N7O/c1-21-12-15-35(18-21)14-5-6-22-16-23(11-13-32-22)37-24-9-10-25(37)20-36(19-24)28-17-27(33-34-30(28)31)26-7-3-4-8-29(26)38-2/h3-4,7-8,11,13,16-17,21,24-25H,9-10,12,14-15,18-20H2,1-2H3,(H2,31,34)/t21-,24?,25?/m0/s1. The number of hydrogen-bond donors (Lipinski definition) is 1. The summed E-state index contributed by atoms with van der Waals surface area (Å²) in [4.78, 5) is 11.9. The highest BCUT2D eigenvalue weighted by Crippen LogP contribution is 2.39. The quantitative estimate of drug-likeness (QED) is 0.522. The minimum absolute atomic E-state index is 0.394. The van der Waals surface area contributed by atoms with Crippen LogP contribution in [0.4, 0.5) is 17.2 Å². The van der Waals surface area contributed by atoms with Crippen LogP contribution < -0.4 is 20.3 Å². The van der Waals surface area contributed by atoms with Gasteiger partial charge >= 0.3 is 0 Å². The van der Waals surface area contributed by atoms with Crippen LogP contribution in [0, 0.1) is 17.8 Å². The number of aromatic nitrogens is 3. The van der Waals surface area contributed by atoms with Crippen LogP contribution in [0.1, 0.15) is 31.9 Å². The monoisotopic (exact) mass is 509 g/mol. The number of ether oxygens (including phenoxy) is 1. The van der Waals surface area contributed by atoms with E-state index in [1.807, 2.05) is 30.5 Å². The molecular weight excluding hydrogens is 474 g/mol. The lowest BCUT2D eigenvalue weighted by Crippen LogP contribution is -2.54. The number of nitrogens with zero attached hydrogens (tertiary/aromatic N) is 6. The Kier molecular flexibility index (Phi) is 6.77. The summed E-state index contributed by atoms with van der Waals surface area (Å²) in [7, 11) is 1.67. The van der Waals surface area contributed by atoms with Gasteiger partial charge in [0.05, 0.1) is 25.0 Å². The lowest BCUT2D eigenvalue weighted by molar-refractivity contribution is 0.369. The molecule has 0 saturated carbocycles. The van der Waals surface area contributed by atoms with Crippen molar-refractivity contribution in [3.63, 3.8) is 0 Å². The van der Waals surface area contributed by atoms with E-state index in [9.17, 15) is 0 Å². The van der Waals surface area contributed by atoms with E-state index in [-0.39, 0.29) is 0 Å². The molecule has 38 heavy (non-hydrogen) atoms. The maximum absolute atomic E-state index is 6.36. The van der Waals surface area contributed by atoms with E-state index in [1.54, 1.807) is 7.11 Å². The van der Waals surface area contributed by atoms with Gasteiger partial charge in [0.25, 0.3) is 0 Å². The number of pyridine rings is 1. The summed E-state index contributed by atoms with van der Waals surface area (Å²) in [5, 5.41) is 8.69. The number of fused-ring (bicyclic) bond motifs is 2. The van der Waals surface area contributed by atoms with Gasteiger partial charge in [0.15, 0.2) is 5.82 Å². The van der Waals surface area contributed by atoms with Gasteiger partial charge in [0.1, 0.15) is 11.4 Å². The fourth-order valence-electron chi connectivity index (χ4n) is 6.21. The number of nitrogens with two attached hydrogens (primary N) is 1. The Morgan fingerprint density at radius 3 is 2.61 bits per heavy atom. The van der Waals surface area contributed by atoms with Crippen molar-refractivity contribution in [2.45, 2.75) is 38.3 Å². The highest BCUT2D eigenvalue weighted by atomic mass is 16.5. The molecular formula is C30H35N7O. The molecule has 0 aliphatic carbocycles. The van der Waals surface area contributed by atoms with Crippen LogP contribution in [0.2, 0.25) is 0 Å². The predicted molar refractivity (Wildman–Crippen MR) is 151 cm³/mol. The van der Waals surface area contributed by atoms with E-state index in [4.69, 9.17) is 10.5 Å². The zero-order valence-electron chi connectivity index (χ0n) is 22.2. The maximum Gasteiger partial charge on any atom is 0.169 e. The van der Waals surface area contributed by atoms with Crippen LogP contribution in [0.3, 0.4) is 0 Å². The molecule has 0 amide bonds. The van der Waals surface area contributed by atoms with Gasteiger partial charge in [0, 0.05) is 49.2 Å². The summed E-state index contributed by atoms with van der Waals surface area (Å²) in [5.41, 5.74) is 11.0. The molecule has 3 aliphatic rings. The number of likely N-dealkylation sites (tertiary alicyclic amines) is 1. The maximum atomic E-state index is 6.36. The van der Waals surface area contributed by atoms with Gasteiger partial charge in [-0.1, -0.05) is 25.0 Å². The Bertz CT molecular complexity index is 1350. The average molecular weight is 510 g/mol. The van der Waals surface area contributed by atoms with Crippen LogP contribution in [-0.2, 0) is 0 Å². The minimum Gasteiger partial charge on any atom is -0.496 e. The van der Waals surface area contributed by atoms with E-state index in [0.717, 1.165) is 79.9 Å². The van der Waals surface area contributed by atoms with Gasteiger partial charge in [-0.25, -0.2) is 4.98 Å². The molecule has 5 heterocycles. The number of nitrogen functional groups attached to an aromatic ring is 1. The molecule has 3 fully saturated rings. The number of anilines is 3. The molecule has 3 aliphatic heterocycles. The van der Waals surface area contributed by atoms with Crippen LogP contribution in [0.5, 0.6) is 5.75 Å². The first kappa shape index (κ1) is 24.5. The Morgan fingerprint density at radius 1 is 1.03 bits per heavy atom. The lowest BCUT2D eigenvalue weighted by atomic mass is 10.1. The van der Waals surface area contributed by atoms with Crippen molar-refractivity contribution in [3.05, 3.63) is 54.4 Å². The van der Waals surface area contributed by atoms with E-state index >= 15 is 0 Å². The molecule has 8 nitrogen and oxygen atoms in total. The van der Waals surface area contributed by atoms with E-state index in [0.29, 0.717) is 17.9 Å². The number of rotatable bonds is 5. The second-order valence-corrected chi connectivity index (χ2v) is 10.7. The molecule has 196 valence electrons. The number of benzene rings is 1. The molecule has 2 unspecified atom stereocenters. The Hall–Kier alpha value is -3.83. The fourth-order valence-corrected chi connectivity index (χ4v) is 6.21. The average Bonchev–Trinajstić information content (AvgIpc) is 3.47. The normalized spacial score (nSPS) is 22.8. The Balaban J connectivity index is 1.19. The number of para-hydroxylation sites is 1. The summed E-state index contributed by atoms with van der Waals surface area (Å²) in [6.07, 6.45) is 5.46. The first-order valence-electron chi connectivity index (χ1n) is 13.6. The molecule has 2 bridgehead atoms. The van der Waals surface area contributed by atoms with Crippen LogP contribution >= 0.6 is 0 Å². The van der Waals surface area contributed by atoms with E-state index in [2.05, 4.69) is 66.8 Å². The zero-order valence-corrected chi connectivity index (χ0v) is 22.2. The summed E-state index contributed by atoms with van der Waals surface area (Å²) in [5.74, 6) is 8.66. The lowest BCUT2D eigenvalue weighted by Gasteiger charge is -2.43. The van der Waals surface area contributed by atoms with Gasteiger partial charge in [-0.15, -0.1) is 10.2 Å². The second kappa shape index (κ2) is 10.5. The Morgan fingerprint density at radius 2 is 1.84 bits per heavy atom. The molecule has 3 saturated heterocycles. The molecule has 6 rings (SSSR count). The van der Waals surface area contributed by atoms with Gasteiger partial charge in [-0.2, -0.15) is 0 Å². The smallest absolute Gasteiger partial charge is 0.169 e. The summed E-state index contributed by atoms with van der Waals surface area (Å²) in [6, 6.07) is 15.0. The number of piperazine rings is 1. The van der Waals surface area contributed by atoms with Gasteiger partial charge in [-0.05, 0) is 68.0 Å². The van der Waals surface area contributed by atoms with Crippen molar-refractivity contribution in [2.24, 2.45) is 5.92 Å². The van der Waals surface area contributed by atoms with Gasteiger partial charge in [-0.3, -0.25) is 4.90 Å². The van der Waals surface area contributed by atoms with Gasteiger partial charge in [0.2, 0.25) is 0 Å². The van der Waals surface area contributed by atoms with Crippen LogP contribution in [0.15, 0.2) is 48.7 Å². The number of methoxy groups -OCH3 is 1. The molecule has 2 N–H and O–H groups in total. The molecule has 0 spiro atoms. The van der Waals surface area contributed by atoms with Crippen molar-refractivity contribution >= 4 is 17.2 Å². The van der Waals surface area contributed by atoms with Crippen molar-refractivity contribution in [1.29, 1.82) is 0 Å². The third kappa shape index (κ3) is 4.86. The fraction of sp³-hybridized carbons (Fsp3) is 0.433. The summed E-state index contributed by atoms with van der Waals surface area (Å²) < 4.78 is 5.55. The largest absolute Gasteiger partial charge is 0.496 e. The van der Waals surface area contributed by atoms with Crippen molar-refractivity contribution in [3.8, 4) is 28.8 Å². The molecule has 1 aromatic carbocycles. The van der Waals surface area contributed by atoms with E-state index in [1.165, 1.54) is 12.1 Å². The van der Waals surface area contributed by atoms with E-state index < -0.39 is 0 Å². The first-order valence-corrected chi connectivity index (χ1v) is 13.6. The summed E-state index contributed by atoms with van der Waals surface area (Å²) in [6.45, 7) is 7.19. The third-order valence-corrected chi connectivity index (χ3v) is 8.08. The highest BCUT2D eigenvalue weighted by Gasteiger charge is 2.40. The first-order chi connectivity index (χ1) is 18.6. The topological polar surface area (TPSA) is 83.6 Å². The molecule has 2 aromatic heterocycles. The highest BCUT2D eigenvalue weighted by molar-refractivity contribution is 5.74. The van der Waals surface area contributed by atoms with Crippen LogP contribution in [0.25, 0.3) is 11.3 Å². The minimum atomic E-state index is 0.394. The van der Waals surface area contributed by atoms with Crippen molar-refractivity contribution in [1.82, 2.24) is 20.1 Å². The second-order valence-electron chi connectivity index (χ2n) is 10.7. The summed E-state index contributed by atoms with van der Waals surface area (Å²) >= 11 is 0. The zero-order chi connectivity index (χ0) is 26.1.